The molecule has 2 aromatic rings. The molecule has 20 heavy (non-hydrogen) atoms. The number of nitrogens with one attached hydrogen (secondary N) is 1. The van der Waals surface area contributed by atoms with E-state index in [0.717, 1.165) is 5.56 Å². The number of aliphatic hydroxyl groups is 1. The molecule has 1 aromatic carbocycles. The van der Waals surface area contributed by atoms with Crippen molar-refractivity contribution in [3.05, 3.63) is 53.7 Å². The van der Waals surface area contributed by atoms with Crippen molar-refractivity contribution >= 4 is 15.8 Å². The Bertz CT molecular complexity index is 695. The highest BCUT2D eigenvalue weighted by atomic mass is 32.2. The van der Waals surface area contributed by atoms with E-state index >= 15 is 0 Å². The zero-order valence-electron chi connectivity index (χ0n) is 11.2. The molecule has 1 atom stereocenters. The molecule has 1 unspecified atom stereocenters. The fourth-order valence-corrected chi connectivity index (χ4v) is 2.73. The minimum absolute atomic E-state index is 0.0956. The van der Waals surface area contributed by atoms with Crippen molar-refractivity contribution in [1.29, 1.82) is 0 Å². The van der Waals surface area contributed by atoms with Crippen LogP contribution in [0, 0.1) is 6.92 Å². The van der Waals surface area contributed by atoms with Crippen LogP contribution >= 0.6 is 0 Å². The molecule has 2 N–H and O–H groups in total. The van der Waals surface area contributed by atoms with Gasteiger partial charge in [0.25, 0.3) is 10.0 Å². The van der Waals surface area contributed by atoms with Gasteiger partial charge in [-0.15, -0.1) is 0 Å². The summed E-state index contributed by atoms with van der Waals surface area (Å²) in [5.74, 6) is 0.262. The number of hydrogen-bond donors (Lipinski definition) is 2. The van der Waals surface area contributed by atoms with E-state index in [-0.39, 0.29) is 10.7 Å². The number of anilines is 1. The summed E-state index contributed by atoms with van der Waals surface area (Å²) in [5.41, 5.74) is 1.49. The van der Waals surface area contributed by atoms with Crippen molar-refractivity contribution in [3.63, 3.8) is 0 Å². The Kier molecular flexibility index (Phi) is 4.06. The molecule has 0 aliphatic heterocycles. The van der Waals surface area contributed by atoms with E-state index in [4.69, 9.17) is 0 Å². The average Bonchev–Trinajstić information content (AvgIpc) is 2.41. The highest BCUT2D eigenvalue weighted by molar-refractivity contribution is 7.92. The van der Waals surface area contributed by atoms with Gasteiger partial charge in [0.2, 0.25) is 0 Å². The van der Waals surface area contributed by atoms with Gasteiger partial charge in [-0.2, -0.15) is 0 Å². The molecule has 0 radical (unpaired) electrons. The van der Waals surface area contributed by atoms with E-state index in [2.05, 4.69) is 9.71 Å². The number of sulfonamides is 1. The number of aromatic nitrogens is 1. The van der Waals surface area contributed by atoms with Gasteiger partial charge in [-0.25, -0.2) is 13.4 Å². The molecule has 1 aromatic heterocycles. The topological polar surface area (TPSA) is 79.3 Å². The Balaban J connectivity index is 2.30. The van der Waals surface area contributed by atoms with Gasteiger partial charge in [-0.1, -0.05) is 18.2 Å². The third-order valence-electron chi connectivity index (χ3n) is 2.80. The maximum atomic E-state index is 12.2. The fraction of sp³-hybridized carbons (Fsp3) is 0.214. The summed E-state index contributed by atoms with van der Waals surface area (Å²) < 4.78 is 26.9. The van der Waals surface area contributed by atoms with Gasteiger partial charge in [0.15, 0.2) is 0 Å². The van der Waals surface area contributed by atoms with Gasteiger partial charge in [0.1, 0.15) is 5.82 Å². The third kappa shape index (κ3) is 3.34. The Morgan fingerprint density at radius 3 is 2.60 bits per heavy atom. The maximum absolute atomic E-state index is 12.2. The second kappa shape index (κ2) is 5.60. The van der Waals surface area contributed by atoms with Crippen molar-refractivity contribution in [3.8, 4) is 0 Å². The van der Waals surface area contributed by atoms with Crippen LogP contribution in [0.25, 0.3) is 0 Å². The Labute approximate surface area is 118 Å². The van der Waals surface area contributed by atoms with Crippen LogP contribution in [0.15, 0.2) is 47.5 Å². The molecular formula is C14H16N2O3S. The number of benzene rings is 1. The molecule has 5 nitrogen and oxygen atoms in total. The predicted molar refractivity (Wildman–Crippen MR) is 76.9 cm³/mol. The van der Waals surface area contributed by atoms with E-state index in [9.17, 15) is 13.5 Å². The Morgan fingerprint density at radius 1 is 1.25 bits per heavy atom. The number of pyridine rings is 1. The lowest BCUT2D eigenvalue weighted by Crippen LogP contribution is -2.14. The number of aryl methyl sites for hydroxylation is 1. The van der Waals surface area contributed by atoms with Crippen LogP contribution in [-0.4, -0.2) is 18.5 Å². The maximum Gasteiger partial charge on any atom is 0.263 e. The van der Waals surface area contributed by atoms with Crippen LogP contribution in [0.5, 0.6) is 0 Å². The molecule has 0 aliphatic rings. The number of hydrogen-bond acceptors (Lipinski definition) is 4. The molecule has 6 heteroatoms. The van der Waals surface area contributed by atoms with Gasteiger partial charge in [-0.05, 0) is 43.2 Å². The van der Waals surface area contributed by atoms with E-state index in [1.165, 1.54) is 12.1 Å². The molecule has 106 valence electrons. The summed E-state index contributed by atoms with van der Waals surface area (Å²) in [6.07, 6.45) is 0.868. The molecule has 0 bridgehead atoms. The number of aliphatic hydroxyl groups excluding tert-OH is 1. The standard InChI is InChI=1S/C14H16N2O3S/c1-10-6-7-14(15-9-10)16-20(18,19)13-5-3-4-12(8-13)11(2)17/h3-9,11,17H,1-2H3,(H,15,16). The molecule has 0 saturated heterocycles. The lowest BCUT2D eigenvalue weighted by Gasteiger charge is -2.10. The van der Waals surface area contributed by atoms with E-state index in [0.29, 0.717) is 5.56 Å². The van der Waals surface area contributed by atoms with Crippen molar-refractivity contribution in [2.24, 2.45) is 0 Å². The highest BCUT2D eigenvalue weighted by Crippen LogP contribution is 2.19. The molecular weight excluding hydrogens is 276 g/mol. The van der Waals surface area contributed by atoms with E-state index in [1.54, 1.807) is 37.4 Å². The van der Waals surface area contributed by atoms with Crippen LogP contribution < -0.4 is 4.72 Å². The van der Waals surface area contributed by atoms with Crippen LogP contribution in [0.4, 0.5) is 5.82 Å². The van der Waals surface area contributed by atoms with E-state index in [1.807, 2.05) is 6.92 Å². The first-order valence-electron chi connectivity index (χ1n) is 6.12. The van der Waals surface area contributed by atoms with Crippen LogP contribution in [0.1, 0.15) is 24.2 Å². The van der Waals surface area contributed by atoms with Gasteiger partial charge in [0.05, 0.1) is 11.0 Å². The summed E-state index contributed by atoms with van der Waals surface area (Å²) in [7, 11) is -3.71. The lowest BCUT2D eigenvalue weighted by atomic mass is 10.1. The van der Waals surface area contributed by atoms with Crippen LogP contribution in [0.2, 0.25) is 0 Å². The van der Waals surface area contributed by atoms with E-state index < -0.39 is 16.1 Å². The largest absolute Gasteiger partial charge is 0.389 e. The third-order valence-corrected chi connectivity index (χ3v) is 4.15. The second-order valence-electron chi connectivity index (χ2n) is 4.57. The van der Waals surface area contributed by atoms with Crippen molar-refractivity contribution in [1.82, 2.24) is 4.98 Å². The first-order valence-corrected chi connectivity index (χ1v) is 7.60. The summed E-state index contributed by atoms with van der Waals surface area (Å²) >= 11 is 0. The zero-order valence-corrected chi connectivity index (χ0v) is 12.1. The smallest absolute Gasteiger partial charge is 0.263 e. The first-order chi connectivity index (χ1) is 9.38. The zero-order chi connectivity index (χ0) is 14.8. The van der Waals surface area contributed by atoms with Gasteiger partial charge >= 0.3 is 0 Å². The minimum Gasteiger partial charge on any atom is -0.389 e. The Hall–Kier alpha value is -1.92. The molecule has 0 saturated carbocycles. The summed E-state index contributed by atoms with van der Waals surface area (Å²) in [6.45, 7) is 3.46. The normalized spacial score (nSPS) is 12.9. The van der Waals surface area contributed by atoms with Gasteiger partial charge in [-0.3, -0.25) is 4.72 Å². The van der Waals surface area contributed by atoms with Crippen molar-refractivity contribution in [2.45, 2.75) is 24.8 Å². The van der Waals surface area contributed by atoms with Gasteiger partial charge < -0.3 is 5.11 Å². The molecule has 0 spiro atoms. The molecule has 0 amide bonds. The van der Waals surface area contributed by atoms with Crippen molar-refractivity contribution < 1.29 is 13.5 Å². The van der Waals surface area contributed by atoms with Gasteiger partial charge in [0, 0.05) is 6.20 Å². The molecule has 1 heterocycles. The SMILES string of the molecule is Cc1ccc(NS(=O)(=O)c2cccc(C(C)O)c2)nc1. The fourth-order valence-electron chi connectivity index (χ4n) is 1.67. The monoisotopic (exact) mass is 292 g/mol. The average molecular weight is 292 g/mol. The molecule has 0 fully saturated rings. The quantitative estimate of drug-likeness (QED) is 0.905. The predicted octanol–water partition coefficient (Wildman–Crippen LogP) is 2.24. The molecule has 0 aliphatic carbocycles. The summed E-state index contributed by atoms with van der Waals surface area (Å²) in [4.78, 5) is 4.10. The lowest BCUT2D eigenvalue weighted by molar-refractivity contribution is 0.199. The Morgan fingerprint density at radius 2 is 2.00 bits per heavy atom. The number of rotatable bonds is 4. The number of nitrogens with zero attached hydrogens (tertiary/aromatic N) is 1. The van der Waals surface area contributed by atoms with Crippen LogP contribution in [-0.2, 0) is 10.0 Å². The summed E-state index contributed by atoms with van der Waals surface area (Å²) in [6, 6.07) is 9.57. The second-order valence-corrected chi connectivity index (χ2v) is 6.26. The van der Waals surface area contributed by atoms with Crippen molar-refractivity contribution in [2.75, 3.05) is 4.72 Å². The summed E-state index contributed by atoms with van der Waals surface area (Å²) in [5, 5.41) is 9.51. The first kappa shape index (κ1) is 14.5. The highest BCUT2D eigenvalue weighted by Gasteiger charge is 2.16. The molecule has 2 rings (SSSR count). The van der Waals surface area contributed by atoms with Crippen LogP contribution in [0.3, 0.4) is 0 Å². The minimum atomic E-state index is -3.71.